The van der Waals surface area contributed by atoms with E-state index in [1.807, 2.05) is 19.1 Å². The van der Waals surface area contributed by atoms with Crippen LogP contribution in [0, 0.1) is 11.8 Å². The maximum absolute atomic E-state index is 11.9. The second kappa shape index (κ2) is 5.14. The first-order chi connectivity index (χ1) is 8.52. The van der Waals surface area contributed by atoms with Crippen molar-refractivity contribution in [1.29, 1.82) is 0 Å². The highest BCUT2D eigenvalue weighted by Crippen LogP contribution is 2.47. The Morgan fingerprint density at radius 1 is 1.61 bits per heavy atom. The van der Waals surface area contributed by atoms with Gasteiger partial charge in [-0.15, -0.1) is 0 Å². The van der Waals surface area contributed by atoms with Crippen LogP contribution in [0.5, 0.6) is 0 Å². The van der Waals surface area contributed by atoms with Crippen molar-refractivity contribution in [3.05, 3.63) is 23.7 Å². The highest BCUT2D eigenvalue weighted by molar-refractivity contribution is 5.78. The van der Waals surface area contributed by atoms with E-state index in [2.05, 4.69) is 6.92 Å². The monoisotopic (exact) mass is 250 g/mol. The van der Waals surface area contributed by atoms with E-state index in [4.69, 9.17) is 10.2 Å². The van der Waals surface area contributed by atoms with E-state index in [1.165, 1.54) is 6.42 Å². The number of hydrogen-bond donors (Lipinski definition) is 1. The van der Waals surface area contributed by atoms with Crippen LogP contribution < -0.4 is 5.73 Å². The van der Waals surface area contributed by atoms with Crippen molar-refractivity contribution < 1.29 is 9.21 Å². The molecule has 1 saturated carbocycles. The van der Waals surface area contributed by atoms with Gasteiger partial charge < -0.3 is 15.1 Å². The number of nitrogens with zero attached hydrogens (tertiary/aromatic N) is 1. The molecule has 0 aliphatic heterocycles. The van der Waals surface area contributed by atoms with E-state index in [-0.39, 0.29) is 11.8 Å². The largest absolute Gasteiger partial charge is 0.464 e. The van der Waals surface area contributed by atoms with Gasteiger partial charge in [0.2, 0.25) is 5.91 Å². The van der Waals surface area contributed by atoms with Crippen molar-refractivity contribution >= 4 is 5.91 Å². The van der Waals surface area contributed by atoms with Crippen LogP contribution in [0.3, 0.4) is 0 Å². The molecule has 1 aliphatic carbocycles. The number of rotatable bonds is 5. The van der Waals surface area contributed by atoms with Gasteiger partial charge in [0.05, 0.1) is 6.54 Å². The van der Waals surface area contributed by atoms with Crippen LogP contribution in [-0.4, -0.2) is 24.4 Å². The Morgan fingerprint density at radius 2 is 2.28 bits per heavy atom. The van der Waals surface area contributed by atoms with Crippen LogP contribution in [0.2, 0.25) is 0 Å². The summed E-state index contributed by atoms with van der Waals surface area (Å²) in [5.74, 6) is 3.17. The van der Waals surface area contributed by atoms with Crippen LogP contribution in [0.25, 0.3) is 0 Å². The summed E-state index contributed by atoms with van der Waals surface area (Å²) in [4.78, 5) is 13.6. The number of carbonyl (C=O) groups is 1. The molecular formula is C14H22N2O2. The second-order valence-corrected chi connectivity index (χ2v) is 5.45. The maximum Gasteiger partial charge on any atom is 0.226 e. The van der Waals surface area contributed by atoms with Gasteiger partial charge in [0.15, 0.2) is 0 Å². The minimum absolute atomic E-state index is 0.0650. The molecule has 3 unspecified atom stereocenters. The number of carbonyl (C=O) groups excluding carboxylic acids is 1. The molecule has 100 valence electrons. The van der Waals surface area contributed by atoms with Crippen molar-refractivity contribution in [2.24, 2.45) is 17.6 Å². The Kier molecular flexibility index (Phi) is 3.76. The molecule has 1 aromatic rings. The van der Waals surface area contributed by atoms with E-state index < -0.39 is 0 Å². The van der Waals surface area contributed by atoms with Gasteiger partial charge in [-0.2, -0.15) is 0 Å². The van der Waals surface area contributed by atoms with Crippen LogP contribution in [0.15, 0.2) is 16.5 Å². The molecule has 1 fully saturated rings. The van der Waals surface area contributed by atoms with Gasteiger partial charge in [-0.1, -0.05) is 13.8 Å². The van der Waals surface area contributed by atoms with Crippen molar-refractivity contribution in [2.45, 2.75) is 32.7 Å². The molecule has 1 aliphatic rings. The fourth-order valence-corrected chi connectivity index (χ4v) is 2.19. The zero-order valence-corrected chi connectivity index (χ0v) is 11.3. The highest BCUT2D eigenvalue weighted by Gasteiger charge is 2.36. The fraction of sp³-hybridized carbons (Fsp3) is 0.643. The van der Waals surface area contributed by atoms with Gasteiger partial charge in [-0.25, -0.2) is 0 Å². The van der Waals surface area contributed by atoms with Crippen LogP contribution in [0.1, 0.15) is 37.7 Å². The highest BCUT2D eigenvalue weighted by atomic mass is 16.3. The first-order valence-corrected chi connectivity index (χ1v) is 6.56. The van der Waals surface area contributed by atoms with Gasteiger partial charge in [-0.3, -0.25) is 4.79 Å². The van der Waals surface area contributed by atoms with Crippen molar-refractivity contribution in [2.75, 3.05) is 13.6 Å². The molecule has 3 atom stereocenters. The zero-order chi connectivity index (χ0) is 13.3. The Hall–Kier alpha value is -1.29. The molecule has 4 nitrogen and oxygen atoms in total. The van der Waals surface area contributed by atoms with E-state index >= 15 is 0 Å². The lowest BCUT2D eigenvalue weighted by molar-refractivity contribution is -0.134. The topological polar surface area (TPSA) is 59.5 Å². The van der Waals surface area contributed by atoms with Crippen molar-refractivity contribution in [3.8, 4) is 0 Å². The molecule has 1 heterocycles. The molecule has 1 amide bonds. The lowest BCUT2D eigenvalue weighted by Crippen LogP contribution is -2.34. The Morgan fingerprint density at radius 3 is 2.83 bits per heavy atom. The number of hydrogen-bond acceptors (Lipinski definition) is 3. The Bertz CT molecular complexity index is 427. The summed E-state index contributed by atoms with van der Waals surface area (Å²) in [5, 5.41) is 0. The van der Waals surface area contributed by atoms with Crippen molar-refractivity contribution in [1.82, 2.24) is 4.90 Å². The minimum atomic E-state index is -0.132. The summed E-state index contributed by atoms with van der Waals surface area (Å²) in [5.41, 5.74) is 5.50. The summed E-state index contributed by atoms with van der Waals surface area (Å²) < 4.78 is 5.79. The lowest BCUT2D eigenvalue weighted by atomic mass is 10.1. The summed E-state index contributed by atoms with van der Waals surface area (Å²) in [6, 6.07) is 4.01. The van der Waals surface area contributed by atoms with Crippen LogP contribution in [-0.2, 0) is 11.3 Å². The third kappa shape index (κ3) is 2.75. The summed E-state index contributed by atoms with van der Waals surface area (Å²) >= 11 is 0. The average molecular weight is 250 g/mol. The quantitative estimate of drug-likeness (QED) is 0.869. The maximum atomic E-state index is 11.9. The minimum Gasteiger partial charge on any atom is -0.464 e. The molecule has 0 aromatic carbocycles. The smallest absolute Gasteiger partial charge is 0.226 e. The number of nitrogens with two attached hydrogens (primary N) is 1. The Balaban J connectivity index is 1.92. The van der Waals surface area contributed by atoms with Gasteiger partial charge in [0.25, 0.3) is 0 Å². The standard InChI is InChI=1S/C14H22N2O2/c1-9-6-12(9)13-5-4-11(18-13)8-16(3)14(17)10(2)7-15/h4-5,9-10,12H,6-8,15H2,1-3H3. The van der Waals surface area contributed by atoms with E-state index in [0.29, 0.717) is 19.0 Å². The van der Waals surface area contributed by atoms with Gasteiger partial charge >= 0.3 is 0 Å². The molecule has 0 saturated heterocycles. The zero-order valence-electron chi connectivity index (χ0n) is 11.3. The summed E-state index contributed by atoms with van der Waals surface area (Å²) in [6.07, 6.45) is 1.21. The molecule has 2 rings (SSSR count). The third-order valence-electron chi connectivity index (χ3n) is 3.70. The summed E-state index contributed by atoms with van der Waals surface area (Å²) in [7, 11) is 1.79. The third-order valence-corrected chi connectivity index (χ3v) is 3.70. The van der Waals surface area contributed by atoms with Gasteiger partial charge in [0, 0.05) is 25.4 Å². The first-order valence-electron chi connectivity index (χ1n) is 6.56. The fourth-order valence-electron chi connectivity index (χ4n) is 2.19. The number of amides is 1. The molecule has 1 aromatic heterocycles. The average Bonchev–Trinajstić information content (AvgIpc) is 2.90. The number of furan rings is 1. The molecule has 0 spiro atoms. The molecular weight excluding hydrogens is 228 g/mol. The predicted molar refractivity (Wildman–Crippen MR) is 69.9 cm³/mol. The summed E-state index contributed by atoms with van der Waals surface area (Å²) in [6.45, 7) is 4.97. The molecule has 0 radical (unpaired) electrons. The normalized spacial score (nSPS) is 23.8. The molecule has 0 bridgehead atoms. The lowest BCUT2D eigenvalue weighted by Gasteiger charge is -2.19. The van der Waals surface area contributed by atoms with Crippen LogP contribution in [0.4, 0.5) is 0 Å². The molecule has 18 heavy (non-hydrogen) atoms. The van der Waals surface area contributed by atoms with E-state index in [1.54, 1.807) is 11.9 Å². The van der Waals surface area contributed by atoms with E-state index in [0.717, 1.165) is 17.4 Å². The molecule has 2 N–H and O–H groups in total. The van der Waals surface area contributed by atoms with Gasteiger partial charge in [0.1, 0.15) is 11.5 Å². The van der Waals surface area contributed by atoms with E-state index in [9.17, 15) is 4.79 Å². The predicted octanol–water partition coefficient (Wildman–Crippen LogP) is 1.96. The molecule has 4 heteroatoms. The SMILES string of the molecule is CC(CN)C(=O)N(C)Cc1ccc(C2CC2C)o1. The second-order valence-electron chi connectivity index (χ2n) is 5.45. The Labute approximate surface area is 108 Å². The first kappa shape index (κ1) is 13.1. The van der Waals surface area contributed by atoms with Crippen LogP contribution >= 0.6 is 0 Å². The van der Waals surface area contributed by atoms with Gasteiger partial charge in [-0.05, 0) is 24.5 Å². The van der Waals surface area contributed by atoms with Crippen molar-refractivity contribution in [3.63, 3.8) is 0 Å².